The van der Waals surface area contributed by atoms with Crippen LogP contribution < -0.4 is 9.64 Å². The molecule has 1 fully saturated rings. The molecule has 0 bridgehead atoms. The Morgan fingerprint density at radius 2 is 2.00 bits per heavy atom. The van der Waals surface area contributed by atoms with Crippen LogP contribution >= 0.6 is 46.9 Å². The quantitative estimate of drug-likeness (QED) is 0.418. The van der Waals surface area contributed by atoms with Crippen LogP contribution in [0.5, 0.6) is 5.75 Å². The molecule has 29 heavy (non-hydrogen) atoms. The average Bonchev–Trinajstić information content (AvgIpc) is 3.24. The number of nitrogens with zero attached hydrogens (tertiary/aromatic N) is 2. The van der Waals surface area contributed by atoms with Crippen molar-refractivity contribution in [3.05, 3.63) is 64.0 Å². The van der Waals surface area contributed by atoms with Crippen molar-refractivity contribution in [2.24, 2.45) is 0 Å². The van der Waals surface area contributed by atoms with Gasteiger partial charge in [0, 0.05) is 24.6 Å². The molecule has 0 radical (unpaired) electrons. The summed E-state index contributed by atoms with van der Waals surface area (Å²) in [6.45, 7) is 1.09. The van der Waals surface area contributed by atoms with Gasteiger partial charge in [0.05, 0.1) is 16.6 Å². The molecule has 1 amide bonds. The van der Waals surface area contributed by atoms with E-state index < -0.39 is 0 Å². The zero-order valence-corrected chi connectivity index (χ0v) is 19.3. The molecule has 152 valence electrons. The standard InChI is InChI=1S/C21H21ClN2O2S3/c1-23-16-12-15(26-11-10-22)8-9-17(16)28-20(23)18-19(25)24(21(27-2)29-18)13-14-6-4-3-5-7-14/h3-9,12,21H,10-11,13H2,1-2H3. The molecule has 2 aliphatic heterocycles. The van der Waals surface area contributed by atoms with Gasteiger partial charge in [-0.25, -0.2) is 0 Å². The first-order valence-corrected chi connectivity index (χ1v) is 12.7. The summed E-state index contributed by atoms with van der Waals surface area (Å²) in [5.74, 6) is 1.34. The van der Waals surface area contributed by atoms with Crippen LogP contribution in [0.3, 0.4) is 0 Å². The molecule has 2 aliphatic rings. The number of carbonyl (C=O) groups is 1. The Morgan fingerprint density at radius 1 is 1.21 bits per heavy atom. The van der Waals surface area contributed by atoms with Crippen molar-refractivity contribution in [2.75, 3.05) is 30.7 Å². The third-order valence-electron chi connectivity index (χ3n) is 4.67. The minimum Gasteiger partial charge on any atom is -0.492 e. The SMILES string of the molecule is CSC1SC(=C2Sc3ccc(OCCCl)cc3N2C)C(=O)N1Cc1ccccc1. The van der Waals surface area contributed by atoms with Gasteiger partial charge < -0.3 is 14.5 Å². The van der Waals surface area contributed by atoms with Crippen LogP contribution in [-0.2, 0) is 11.3 Å². The number of hydrogen-bond donors (Lipinski definition) is 0. The number of amides is 1. The molecule has 4 rings (SSSR count). The van der Waals surface area contributed by atoms with E-state index in [-0.39, 0.29) is 10.6 Å². The van der Waals surface area contributed by atoms with Crippen LogP contribution in [0.25, 0.3) is 0 Å². The third-order valence-corrected chi connectivity index (χ3v) is 8.77. The van der Waals surface area contributed by atoms with E-state index in [4.69, 9.17) is 16.3 Å². The molecular weight excluding hydrogens is 444 g/mol. The van der Waals surface area contributed by atoms with E-state index >= 15 is 0 Å². The molecule has 2 aromatic rings. The number of carbonyl (C=O) groups excluding carboxylic acids is 1. The van der Waals surface area contributed by atoms with Crippen molar-refractivity contribution < 1.29 is 9.53 Å². The molecule has 0 aliphatic carbocycles. The van der Waals surface area contributed by atoms with Gasteiger partial charge in [-0.15, -0.1) is 23.4 Å². The first-order chi connectivity index (χ1) is 14.1. The van der Waals surface area contributed by atoms with Crippen LogP contribution in [-0.4, -0.2) is 41.3 Å². The second-order valence-electron chi connectivity index (χ2n) is 6.54. The molecule has 0 N–H and O–H groups in total. The highest BCUT2D eigenvalue weighted by Gasteiger charge is 2.40. The lowest BCUT2D eigenvalue weighted by atomic mass is 10.2. The summed E-state index contributed by atoms with van der Waals surface area (Å²) in [5, 5.41) is 0.985. The fourth-order valence-electron chi connectivity index (χ4n) is 3.26. The molecule has 2 heterocycles. The van der Waals surface area contributed by atoms with E-state index in [9.17, 15) is 4.79 Å². The van der Waals surface area contributed by atoms with Gasteiger partial charge in [-0.1, -0.05) is 53.9 Å². The van der Waals surface area contributed by atoms with Crippen molar-refractivity contribution in [3.8, 4) is 5.75 Å². The van der Waals surface area contributed by atoms with Crippen LogP contribution in [0.4, 0.5) is 5.69 Å². The van der Waals surface area contributed by atoms with Crippen LogP contribution in [0, 0.1) is 0 Å². The number of anilines is 1. The maximum absolute atomic E-state index is 13.3. The number of hydrogen-bond acceptors (Lipinski definition) is 6. The summed E-state index contributed by atoms with van der Waals surface area (Å²) in [4.78, 5) is 19.3. The largest absolute Gasteiger partial charge is 0.492 e. The van der Waals surface area contributed by atoms with Crippen LogP contribution in [0.1, 0.15) is 5.56 Å². The molecule has 0 aromatic heterocycles. The van der Waals surface area contributed by atoms with Gasteiger partial charge in [-0.05, 0) is 24.0 Å². The Hall–Kier alpha value is -1.41. The number of thioether (sulfide) groups is 3. The lowest BCUT2D eigenvalue weighted by Gasteiger charge is -2.21. The second-order valence-corrected chi connectivity index (χ2v) is 10.3. The molecule has 0 spiro atoms. The van der Waals surface area contributed by atoms with Gasteiger partial charge in [-0.3, -0.25) is 4.79 Å². The van der Waals surface area contributed by atoms with Crippen molar-refractivity contribution in [3.63, 3.8) is 0 Å². The molecule has 1 saturated heterocycles. The van der Waals surface area contributed by atoms with E-state index in [0.717, 1.165) is 31.8 Å². The predicted octanol–water partition coefficient (Wildman–Crippen LogP) is 5.44. The Kier molecular flexibility index (Phi) is 6.59. The fraction of sp³-hybridized carbons (Fsp3) is 0.286. The van der Waals surface area contributed by atoms with Crippen molar-refractivity contribution in [1.82, 2.24) is 4.90 Å². The highest BCUT2D eigenvalue weighted by atomic mass is 35.5. The average molecular weight is 465 g/mol. The highest BCUT2D eigenvalue weighted by Crippen LogP contribution is 2.52. The lowest BCUT2D eigenvalue weighted by Crippen LogP contribution is -2.30. The summed E-state index contributed by atoms with van der Waals surface area (Å²) in [6.07, 6.45) is 2.05. The van der Waals surface area contributed by atoms with Crippen LogP contribution in [0.15, 0.2) is 63.4 Å². The molecule has 0 saturated carbocycles. The second kappa shape index (κ2) is 9.16. The molecular formula is C21H21ClN2O2S3. The van der Waals surface area contributed by atoms with E-state index in [2.05, 4.69) is 23.3 Å². The fourth-order valence-corrected chi connectivity index (χ4v) is 6.72. The van der Waals surface area contributed by atoms with Gasteiger partial charge in [0.25, 0.3) is 5.91 Å². The molecule has 1 unspecified atom stereocenters. The van der Waals surface area contributed by atoms with E-state index in [1.807, 2.05) is 48.3 Å². The smallest absolute Gasteiger partial charge is 0.264 e. The Balaban J connectivity index is 1.60. The topological polar surface area (TPSA) is 32.8 Å². The molecule has 2 aromatic carbocycles. The maximum Gasteiger partial charge on any atom is 0.264 e. The normalized spacial score (nSPS) is 21.1. The molecule has 4 nitrogen and oxygen atoms in total. The monoisotopic (exact) mass is 464 g/mol. The Labute approximate surface area is 189 Å². The molecule has 1 atom stereocenters. The number of rotatable bonds is 6. The number of halogens is 1. The van der Waals surface area contributed by atoms with Crippen molar-refractivity contribution in [2.45, 2.75) is 16.1 Å². The first kappa shape index (κ1) is 20.8. The lowest BCUT2D eigenvalue weighted by molar-refractivity contribution is -0.125. The summed E-state index contributed by atoms with van der Waals surface area (Å²) < 4.78 is 5.74. The maximum atomic E-state index is 13.3. The summed E-state index contributed by atoms with van der Waals surface area (Å²) >= 11 is 10.7. The zero-order chi connectivity index (χ0) is 20.4. The minimum atomic E-state index is 0.0746. The van der Waals surface area contributed by atoms with E-state index in [1.165, 1.54) is 0 Å². The van der Waals surface area contributed by atoms with Gasteiger partial charge in [0.2, 0.25) is 0 Å². The van der Waals surface area contributed by atoms with Crippen LogP contribution in [0.2, 0.25) is 0 Å². The van der Waals surface area contributed by atoms with E-state index in [0.29, 0.717) is 19.0 Å². The molecule has 8 heteroatoms. The third kappa shape index (κ3) is 4.24. The number of alkyl halides is 1. The number of fused-ring (bicyclic) bond motifs is 1. The van der Waals surface area contributed by atoms with Gasteiger partial charge in [0.15, 0.2) is 0 Å². The predicted molar refractivity (Wildman–Crippen MR) is 126 cm³/mol. The highest BCUT2D eigenvalue weighted by molar-refractivity contribution is 8.19. The van der Waals surface area contributed by atoms with Crippen molar-refractivity contribution >= 4 is 58.5 Å². The van der Waals surface area contributed by atoms with Gasteiger partial charge >= 0.3 is 0 Å². The Morgan fingerprint density at radius 3 is 2.72 bits per heavy atom. The van der Waals surface area contributed by atoms with Gasteiger partial charge in [0.1, 0.15) is 22.0 Å². The summed E-state index contributed by atoms with van der Waals surface area (Å²) in [6, 6.07) is 16.2. The number of ether oxygens (including phenoxy) is 1. The zero-order valence-electron chi connectivity index (χ0n) is 16.1. The summed E-state index contributed by atoms with van der Waals surface area (Å²) in [5.41, 5.74) is 2.20. The first-order valence-electron chi connectivity index (χ1n) is 9.15. The minimum absolute atomic E-state index is 0.0746. The number of benzene rings is 2. The van der Waals surface area contributed by atoms with Gasteiger partial charge in [-0.2, -0.15) is 0 Å². The Bertz CT molecular complexity index is 939. The van der Waals surface area contributed by atoms with Crippen molar-refractivity contribution in [1.29, 1.82) is 0 Å². The van der Waals surface area contributed by atoms with E-state index in [1.54, 1.807) is 35.3 Å². The summed E-state index contributed by atoms with van der Waals surface area (Å²) in [7, 11) is 2.01.